The van der Waals surface area contributed by atoms with Gasteiger partial charge in [0.2, 0.25) is 5.13 Å². The third kappa shape index (κ3) is 3.92. The molecule has 0 aliphatic rings. The highest BCUT2D eigenvalue weighted by atomic mass is 32.2. The molecule has 1 atom stereocenters. The second-order valence-corrected chi connectivity index (χ2v) is 6.73. The van der Waals surface area contributed by atoms with E-state index in [1.807, 2.05) is 32.1 Å². The van der Waals surface area contributed by atoms with Gasteiger partial charge in [0.25, 0.3) is 0 Å². The first-order valence-corrected chi connectivity index (χ1v) is 7.77. The van der Waals surface area contributed by atoms with E-state index in [0.717, 1.165) is 16.0 Å². The van der Waals surface area contributed by atoms with Crippen LogP contribution in [0, 0.1) is 0 Å². The van der Waals surface area contributed by atoms with Gasteiger partial charge in [-0.3, -0.25) is 0 Å². The van der Waals surface area contributed by atoms with E-state index < -0.39 is 0 Å². The van der Waals surface area contributed by atoms with Gasteiger partial charge in [-0.05, 0) is 12.6 Å². The zero-order valence-corrected chi connectivity index (χ0v) is 13.0. The van der Waals surface area contributed by atoms with Gasteiger partial charge in [0.05, 0.1) is 0 Å². The number of aromatic nitrogens is 2. The Morgan fingerprint density at radius 2 is 2.00 bits per heavy atom. The van der Waals surface area contributed by atoms with E-state index in [0.29, 0.717) is 5.25 Å². The lowest BCUT2D eigenvalue weighted by Crippen LogP contribution is -2.14. The lowest BCUT2D eigenvalue weighted by atomic mass is 10.1. The molecule has 0 radical (unpaired) electrons. The van der Waals surface area contributed by atoms with Gasteiger partial charge < -0.3 is 10.2 Å². The molecule has 0 bridgehead atoms. The molecule has 0 aliphatic heterocycles. The molecule has 0 saturated heterocycles. The Bertz CT molecular complexity index is 498. The fourth-order valence-corrected chi connectivity index (χ4v) is 3.77. The summed E-state index contributed by atoms with van der Waals surface area (Å²) in [5.41, 5.74) is 1.31. The summed E-state index contributed by atoms with van der Waals surface area (Å²) in [7, 11) is 5.94. The first-order chi connectivity index (χ1) is 9.20. The van der Waals surface area contributed by atoms with Crippen LogP contribution in [0.15, 0.2) is 34.7 Å². The molecular formula is C13H18N4S2. The molecule has 1 aromatic heterocycles. The molecule has 102 valence electrons. The van der Waals surface area contributed by atoms with Gasteiger partial charge in [-0.25, -0.2) is 0 Å². The summed E-state index contributed by atoms with van der Waals surface area (Å²) < 4.78 is 1.01. The van der Waals surface area contributed by atoms with Crippen LogP contribution in [0.3, 0.4) is 0 Å². The second-order valence-electron chi connectivity index (χ2n) is 4.32. The fraction of sp³-hybridized carbons (Fsp3) is 0.385. The maximum atomic E-state index is 4.25. The maximum Gasteiger partial charge on any atom is 0.208 e. The minimum atomic E-state index is 0.356. The Morgan fingerprint density at radius 3 is 2.58 bits per heavy atom. The van der Waals surface area contributed by atoms with Gasteiger partial charge in [-0.15, -0.1) is 10.2 Å². The van der Waals surface area contributed by atoms with Crippen molar-refractivity contribution in [2.75, 3.05) is 32.6 Å². The summed E-state index contributed by atoms with van der Waals surface area (Å²) in [6, 6.07) is 10.5. The molecule has 19 heavy (non-hydrogen) atoms. The van der Waals surface area contributed by atoms with Crippen molar-refractivity contribution >= 4 is 28.2 Å². The summed E-state index contributed by atoms with van der Waals surface area (Å²) in [5, 5.41) is 13.0. The lowest BCUT2D eigenvalue weighted by Gasteiger charge is -2.14. The predicted molar refractivity (Wildman–Crippen MR) is 83.2 cm³/mol. The Labute approximate surface area is 122 Å². The lowest BCUT2D eigenvalue weighted by molar-refractivity contribution is 0.776. The van der Waals surface area contributed by atoms with E-state index in [4.69, 9.17) is 0 Å². The molecule has 0 spiro atoms. The number of nitrogens with one attached hydrogen (secondary N) is 1. The largest absolute Gasteiger partial charge is 0.353 e. The average Bonchev–Trinajstić information content (AvgIpc) is 2.88. The molecule has 1 N–H and O–H groups in total. The number of likely N-dealkylation sites (N-methyl/N-ethyl adjacent to an activating group) is 1. The van der Waals surface area contributed by atoms with Crippen molar-refractivity contribution in [1.29, 1.82) is 0 Å². The van der Waals surface area contributed by atoms with E-state index in [-0.39, 0.29) is 0 Å². The van der Waals surface area contributed by atoms with Gasteiger partial charge in [-0.2, -0.15) is 0 Å². The van der Waals surface area contributed by atoms with Gasteiger partial charge in [0.15, 0.2) is 4.34 Å². The Kier molecular flexibility index (Phi) is 5.18. The van der Waals surface area contributed by atoms with E-state index in [1.165, 1.54) is 5.56 Å². The Balaban J connectivity index is 2.12. The molecule has 0 saturated carbocycles. The number of thioether (sulfide) groups is 1. The first kappa shape index (κ1) is 14.3. The van der Waals surface area contributed by atoms with Crippen LogP contribution in [0.1, 0.15) is 10.8 Å². The molecular weight excluding hydrogens is 276 g/mol. The summed E-state index contributed by atoms with van der Waals surface area (Å²) in [4.78, 5) is 1.98. The zero-order chi connectivity index (χ0) is 13.7. The van der Waals surface area contributed by atoms with Crippen molar-refractivity contribution in [1.82, 2.24) is 15.5 Å². The molecule has 2 aromatic rings. The number of hydrogen-bond acceptors (Lipinski definition) is 6. The van der Waals surface area contributed by atoms with Gasteiger partial charge in [0, 0.05) is 25.9 Å². The quantitative estimate of drug-likeness (QED) is 0.830. The van der Waals surface area contributed by atoms with Crippen LogP contribution < -0.4 is 10.2 Å². The van der Waals surface area contributed by atoms with Crippen molar-refractivity contribution in [2.24, 2.45) is 0 Å². The zero-order valence-electron chi connectivity index (χ0n) is 11.3. The molecule has 1 aromatic carbocycles. The molecule has 2 rings (SSSR count). The topological polar surface area (TPSA) is 41.1 Å². The predicted octanol–water partition coefficient (Wildman–Crippen LogP) is 2.66. The highest BCUT2D eigenvalue weighted by Gasteiger charge is 2.15. The standard InChI is InChI=1S/C13H18N4S2/c1-14-9-11(10-7-5-4-6-8-10)18-13-16-15-12(19-13)17(2)3/h4-8,11,14H,9H2,1-3H3. The summed E-state index contributed by atoms with van der Waals surface area (Å²) in [6.45, 7) is 0.908. The minimum absolute atomic E-state index is 0.356. The Morgan fingerprint density at radius 1 is 1.26 bits per heavy atom. The van der Waals surface area contributed by atoms with Crippen LogP contribution >= 0.6 is 23.1 Å². The van der Waals surface area contributed by atoms with E-state index >= 15 is 0 Å². The molecule has 0 aliphatic carbocycles. The number of anilines is 1. The monoisotopic (exact) mass is 294 g/mol. The average molecular weight is 294 g/mol. The number of nitrogens with zero attached hydrogens (tertiary/aromatic N) is 3. The summed E-state index contributed by atoms with van der Waals surface area (Å²) in [6.07, 6.45) is 0. The highest BCUT2D eigenvalue weighted by molar-refractivity contribution is 8.01. The Hall–Kier alpha value is -1.11. The molecule has 1 unspecified atom stereocenters. The van der Waals surface area contributed by atoms with Crippen molar-refractivity contribution in [3.8, 4) is 0 Å². The highest BCUT2D eigenvalue weighted by Crippen LogP contribution is 2.37. The number of benzene rings is 1. The second kappa shape index (κ2) is 6.88. The van der Waals surface area contributed by atoms with Crippen molar-refractivity contribution in [2.45, 2.75) is 9.59 Å². The van der Waals surface area contributed by atoms with Gasteiger partial charge in [0.1, 0.15) is 0 Å². The third-order valence-electron chi connectivity index (χ3n) is 2.58. The third-order valence-corrected chi connectivity index (χ3v) is 5.01. The van der Waals surface area contributed by atoms with Crippen LogP contribution in [0.4, 0.5) is 5.13 Å². The smallest absolute Gasteiger partial charge is 0.208 e. The van der Waals surface area contributed by atoms with Gasteiger partial charge in [-0.1, -0.05) is 53.4 Å². The van der Waals surface area contributed by atoms with Crippen molar-refractivity contribution < 1.29 is 0 Å². The first-order valence-electron chi connectivity index (χ1n) is 6.07. The van der Waals surface area contributed by atoms with Crippen molar-refractivity contribution in [3.05, 3.63) is 35.9 Å². The molecule has 1 heterocycles. The van der Waals surface area contributed by atoms with E-state index in [1.54, 1.807) is 23.1 Å². The van der Waals surface area contributed by atoms with Crippen molar-refractivity contribution in [3.63, 3.8) is 0 Å². The fourth-order valence-electron chi connectivity index (χ4n) is 1.63. The minimum Gasteiger partial charge on any atom is -0.353 e. The number of rotatable bonds is 6. The molecule has 4 nitrogen and oxygen atoms in total. The van der Waals surface area contributed by atoms with Crippen LogP contribution in [0.25, 0.3) is 0 Å². The maximum absolute atomic E-state index is 4.25. The summed E-state index contributed by atoms with van der Waals surface area (Å²) >= 11 is 3.39. The summed E-state index contributed by atoms with van der Waals surface area (Å²) in [5.74, 6) is 0. The normalized spacial score (nSPS) is 12.4. The van der Waals surface area contributed by atoms with Crippen LogP contribution in [-0.4, -0.2) is 37.9 Å². The van der Waals surface area contributed by atoms with Crippen LogP contribution in [-0.2, 0) is 0 Å². The van der Waals surface area contributed by atoms with E-state index in [9.17, 15) is 0 Å². The molecule has 0 fully saturated rings. The van der Waals surface area contributed by atoms with E-state index in [2.05, 4.69) is 39.8 Å². The molecule has 6 heteroatoms. The van der Waals surface area contributed by atoms with Gasteiger partial charge >= 0.3 is 0 Å². The van der Waals surface area contributed by atoms with Crippen LogP contribution in [0.2, 0.25) is 0 Å². The van der Waals surface area contributed by atoms with Crippen LogP contribution in [0.5, 0.6) is 0 Å². The number of hydrogen-bond donors (Lipinski definition) is 1. The SMILES string of the molecule is CNCC(Sc1nnc(N(C)C)s1)c1ccccc1. The molecule has 0 amide bonds.